The quantitative estimate of drug-likeness (QED) is 0.288. The third kappa shape index (κ3) is 5.82. The van der Waals surface area contributed by atoms with Crippen molar-refractivity contribution in [2.75, 3.05) is 50.6 Å². The maximum absolute atomic E-state index is 13.0. The molecule has 2 aliphatic heterocycles. The number of hydrogen-bond donors (Lipinski definition) is 3. The Hall–Kier alpha value is -4.91. The summed E-state index contributed by atoms with van der Waals surface area (Å²) in [5.74, 6) is -0.746. The number of carboxylic acid groups (broad SMARTS) is 1. The van der Waals surface area contributed by atoms with Crippen molar-refractivity contribution in [3.63, 3.8) is 0 Å². The van der Waals surface area contributed by atoms with Gasteiger partial charge in [-0.05, 0) is 72.6 Å². The van der Waals surface area contributed by atoms with Crippen LogP contribution >= 0.6 is 0 Å². The van der Waals surface area contributed by atoms with E-state index in [1.807, 2.05) is 36.5 Å². The van der Waals surface area contributed by atoms with Gasteiger partial charge in [0.2, 0.25) is 5.91 Å². The summed E-state index contributed by atoms with van der Waals surface area (Å²) in [5.41, 5.74) is 5.45. The molecule has 4 heterocycles. The third-order valence-corrected chi connectivity index (χ3v) is 8.61. The number of carbonyl (C=O) groups is 2. The van der Waals surface area contributed by atoms with E-state index in [2.05, 4.69) is 67.7 Å². The van der Waals surface area contributed by atoms with Crippen LogP contribution < -0.4 is 15.0 Å². The minimum absolute atomic E-state index is 0.0753. The molecule has 1 saturated carbocycles. The number of hydrogen-bond acceptors (Lipinski definition) is 7. The lowest BCUT2D eigenvalue weighted by atomic mass is 9.91. The van der Waals surface area contributed by atoms with E-state index in [1.54, 1.807) is 7.11 Å². The molecule has 1 aliphatic carbocycles. The number of halogens is 3. The van der Waals surface area contributed by atoms with Crippen LogP contribution in [-0.4, -0.2) is 83.6 Å². The van der Waals surface area contributed by atoms with Crippen LogP contribution in [0.3, 0.4) is 0 Å². The Labute approximate surface area is 256 Å². The van der Waals surface area contributed by atoms with E-state index in [1.165, 1.54) is 0 Å². The molecular formula is C32H31F3N6O4. The fraction of sp³-hybridized carbons (Fsp3) is 0.312. The predicted octanol–water partition coefficient (Wildman–Crippen LogP) is 4.90. The number of aromatic amines is 1. The summed E-state index contributed by atoms with van der Waals surface area (Å²) in [6.07, 6.45) is 1.70. The number of amides is 1. The van der Waals surface area contributed by atoms with Gasteiger partial charge in [0.25, 0.3) is 0 Å². The largest absolute Gasteiger partial charge is 0.497 e. The number of ether oxygens (including phenoxy) is 1. The number of benzene rings is 2. The summed E-state index contributed by atoms with van der Waals surface area (Å²) >= 11 is 0. The van der Waals surface area contributed by atoms with Gasteiger partial charge in [-0.1, -0.05) is 18.2 Å². The number of anilines is 2. The van der Waals surface area contributed by atoms with Gasteiger partial charge in [-0.2, -0.15) is 18.3 Å². The standard InChI is InChI=1S/C30H30N6O2.C2HF3O2/c1-35-11-13-36(14-12-35)28-10-4-19(18-31-28)3-8-25-22-7-5-20(15-27(22)34-33-25)24-17-30(24)23-16-21(38-2)6-9-26(23)32-29(30)37;3-2(4,5)1(6)7/h3-10,15-16,18,24H,11-14,17H2,1-2H3,(H,32,37)(H,33,34);(H,6,7)/b8-3+;/t24-,30-;/m0./s1. The highest BCUT2D eigenvalue weighted by Gasteiger charge is 2.65. The van der Waals surface area contributed by atoms with E-state index >= 15 is 0 Å². The minimum atomic E-state index is -5.08. The predicted molar refractivity (Wildman–Crippen MR) is 163 cm³/mol. The molecule has 2 fully saturated rings. The molecule has 0 radical (unpaired) electrons. The van der Waals surface area contributed by atoms with E-state index in [0.29, 0.717) is 0 Å². The molecule has 1 amide bonds. The molecule has 45 heavy (non-hydrogen) atoms. The van der Waals surface area contributed by atoms with Gasteiger partial charge < -0.3 is 25.0 Å². The summed E-state index contributed by atoms with van der Waals surface area (Å²) in [4.78, 5) is 31.3. The van der Waals surface area contributed by atoms with E-state index in [-0.39, 0.29) is 11.8 Å². The second-order valence-corrected chi connectivity index (χ2v) is 11.4. The van der Waals surface area contributed by atoms with Crippen molar-refractivity contribution in [1.82, 2.24) is 20.1 Å². The molecule has 1 spiro atoms. The Morgan fingerprint density at radius 2 is 1.84 bits per heavy atom. The number of carbonyl (C=O) groups excluding carboxylic acids is 1. The summed E-state index contributed by atoms with van der Waals surface area (Å²) in [6, 6.07) is 16.4. The number of piperazine rings is 1. The van der Waals surface area contributed by atoms with Gasteiger partial charge in [0.15, 0.2) is 0 Å². The first-order valence-corrected chi connectivity index (χ1v) is 14.4. The number of aliphatic carboxylic acids is 1. The van der Waals surface area contributed by atoms with E-state index in [4.69, 9.17) is 14.6 Å². The number of aromatic nitrogens is 3. The number of nitrogens with zero attached hydrogens (tertiary/aromatic N) is 4. The first-order valence-electron chi connectivity index (χ1n) is 14.4. The lowest BCUT2D eigenvalue weighted by Crippen LogP contribution is -2.44. The first kappa shape index (κ1) is 30.1. The van der Waals surface area contributed by atoms with Crippen LogP contribution in [0.25, 0.3) is 23.1 Å². The number of nitrogens with one attached hydrogen (secondary N) is 2. The molecule has 0 bridgehead atoms. The zero-order valence-electron chi connectivity index (χ0n) is 24.6. The average Bonchev–Trinajstić information content (AvgIpc) is 3.57. The van der Waals surface area contributed by atoms with E-state index < -0.39 is 17.6 Å². The van der Waals surface area contributed by atoms with Crippen LogP contribution in [0.5, 0.6) is 5.75 Å². The molecule has 7 rings (SSSR count). The number of carboxylic acids is 1. The number of rotatable bonds is 5. The van der Waals surface area contributed by atoms with Gasteiger partial charge in [0.05, 0.1) is 23.7 Å². The molecule has 3 N–H and O–H groups in total. The van der Waals surface area contributed by atoms with Crippen molar-refractivity contribution in [3.05, 3.63) is 77.1 Å². The zero-order chi connectivity index (χ0) is 31.9. The summed E-state index contributed by atoms with van der Waals surface area (Å²) in [6.45, 7) is 4.14. The molecule has 1 saturated heterocycles. The van der Waals surface area contributed by atoms with E-state index in [9.17, 15) is 18.0 Å². The van der Waals surface area contributed by atoms with Crippen molar-refractivity contribution in [2.24, 2.45) is 0 Å². The van der Waals surface area contributed by atoms with Crippen LogP contribution in [0.2, 0.25) is 0 Å². The molecule has 4 aromatic rings. The van der Waals surface area contributed by atoms with Gasteiger partial charge in [-0.3, -0.25) is 9.89 Å². The van der Waals surface area contributed by atoms with Gasteiger partial charge in [0.1, 0.15) is 11.6 Å². The molecule has 234 valence electrons. The molecular weight excluding hydrogens is 589 g/mol. The summed E-state index contributed by atoms with van der Waals surface area (Å²) in [7, 11) is 3.81. The van der Waals surface area contributed by atoms with Gasteiger partial charge in [0, 0.05) is 49.4 Å². The number of alkyl halides is 3. The van der Waals surface area contributed by atoms with Crippen molar-refractivity contribution in [3.8, 4) is 5.75 Å². The maximum Gasteiger partial charge on any atom is 0.490 e. The summed E-state index contributed by atoms with van der Waals surface area (Å²) < 4.78 is 37.2. The lowest BCUT2D eigenvalue weighted by Gasteiger charge is -2.33. The Morgan fingerprint density at radius 1 is 1.09 bits per heavy atom. The van der Waals surface area contributed by atoms with E-state index in [0.717, 1.165) is 83.1 Å². The van der Waals surface area contributed by atoms with Crippen LogP contribution in [0.1, 0.15) is 34.7 Å². The van der Waals surface area contributed by atoms with Crippen molar-refractivity contribution in [2.45, 2.75) is 23.9 Å². The monoisotopic (exact) mass is 620 g/mol. The second kappa shape index (κ2) is 11.5. The maximum atomic E-state index is 13.0. The molecule has 3 aliphatic rings. The summed E-state index contributed by atoms with van der Waals surface area (Å²) in [5, 5.41) is 19.0. The number of pyridine rings is 1. The Kier molecular flexibility index (Phi) is 7.73. The topological polar surface area (TPSA) is 124 Å². The number of fused-ring (bicyclic) bond motifs is 3. The van der Waals surface area contributed by atoms with Crippen LogP contribution in [0, 0.1) is 0 Å². The number of methoxy groups -OCH3 is 1. The van der Waals surface area contributed by atoms with Crippen LogP contribution in [-0.2, 0) is 15.0 Å². The fourth-order valence-corrected chi connectivity index (χ4v) is 5.99. The van der Waals surface area contributed by atoms with Crippen LogP contribution in [0.15, 0.2) is 54.7 Å². The highest BCUT2D eigenvalue weighted by Crippen LogP contribution is 2.65. The zero-order valence-corrected chi connectivity index (χ0v) is 24.6. The van der Waals surface area contributed by atoms with Gasteiger partial charge >= 0.3 is 12.1 Å². The smallest absolute Gasteiger partial charge is 0.490 e. The Bertz CT molecular complexity index is 1780. The normalized spacial score (nSPS) is 21.0. The molecule has 10 nitrogen and oxygen atoms in total. The highest BCUT2D eigenvalue weighted by molar-refractivity contribution is 6.10. The average molecular weight is 621 g/mol. The molecule has 2 aromatic heterocycles. The SMILES string of the molecule is COc1ccc2c(c1)[C@]1(C[C@H]1c1ccc3c(/C=C/c4ccc(N5CCN(C)CC5)nc4)n[nH]c3c1)C(=O)N2.O=C(O)C(F)(F)F. The van der Waals surface area contributed by atoms with Gasteiger partial charge in [-0.15, -0.1) is 0 Å². The Morgan fingerprint density at radius 3 is 2.51 bits per heavy atom. The second-order valence-electron chi connectivity index (χ2n) is 11.4. The molecule has 0 unspecified atom stereocenters. The lowest BCUT2D eigenvalue weighted by molar-refractivity contribution is -0.192. The van der Waals surface area contributed by atoms with Gasteiger partial charge in [-0.25, -0.2) is 9.78 Å². The number of likely N-dealkylation sites (N-methyl/N-ethyl adjacent to an activating group) is 1. The molecule has 2 atom stereocenters. The third-order valence-electron chi connectivity index (χ3n) is 8.61. The Balaban J connectivity index is 0.000000460. The fourth-order valence-electron chi connectivity index (χ4n) is 5.99. The molecule has 13 heteroatoms. The van der Waals surface area contributed by atoms with Crippen molar-refractivity contribution in [1.29, 1.82) is 0 Å². The van der Waals surface area contributed by atoms with Crippen LogP contribution in [0.4, 0.5) is 24.7 Å². The van der Waals surface area contributed by atoms with Crippen molar-refractivity contribution >= 4 is 46.4 Å². The first-order chi connectivity index (χ1) is 21.5. The minimum Gasteiger partial charge on any atom is -0.497 e. The highest BCUT2D eigenvalue weighted by atomic mass is 19.4. The van der Waals surface area contributed by atoms with Crippen molar-refractivity contribution < 1.29 is 32.6 Å². The molecule has 2 aromatic carbocycles. The number of H-pyrrole nitrogens is 1.